The Labute approximate surface area is 99.5 Å². The van der Waals surface area contributed by atoms with Crippen molar-refractivity contribution in [3.63, 3.8) is 0 Å². The van der Waals surface area contributed by atoms with Gasteiger partial charge in [-0.15, -0.1) is 0 Å². The van der Waals surface area contributed by atoms with Crippen LogP contribution in [-0.2, 0) is 9.53 Å². The maximum absolute atomic E-state index is 13.0. The molecular formula is C12H16FNO3. The fourth-order valence-corrected chi connectivity index (χ4v) is 1.35. The molecule has 0 radical (unpaired) electrons. The van der Waals surface area contributed by atoms with Crippen molar-refractivity contribution in [1.82, 2.24) is 0 Å². The van der Waals surface area contributed by atoms with Gasteiger partial charge in [-0.1, -0.05) is 0 Å². The van der Waals surface area contributed by atoms with Crippen molar-refractivity contribution < 1.29 is 18.7 Å². The number of esters is 1. The van der Waals surface area contributed by atoms with Crippen LogP contribution in [0.1, 0.15) is 24.9 Å². The van der Waals surface area contributed by atoms with Gasteiger partial charge in [0, 0.05) is 11.6 Å². The molecule has 0 saturated heterocycles. The normalized spacial score (nSPS) is 12.0. The van der Waals surface area contributed by atoms with Crippen molar-refractivity contribution >= 4 is 5.97 Å². The molecule has 0 heterocycles. The van der Waals surface area contributed by atoms with E-state index < -0.39 is 0 Å². The predicted molar refractivity (Wildman–Crippen MR) is 61.1 cm³/mol. The van der Waals surface area contributed by atoms with Crippen LogP contribution in [-0.4, -0.2) is 19.7 Å². The van der Waals surface area contributed by atoms with Crippen LogP contribution in [0.5, 0.6) is 5.75 Å². The fraction of sp³-hybridized carbons (Fsp3) is 0.417. The zero-order valence-electron chi connectivity index (χ0n) is 9.90. The third-order valence-corrected chi connectivity index (χ3v) is 2.25. The zero-order chi connectivity index (χ0) is 12.8. The van der Waals surface area contributed by atoms with Crippen LogP contribution < -0.4 is 10.5 Å². The fourth-order valence-electron chi connectivity index (χ4n) is 1.35. The Balaban J connectivity index is 2.67. The Kier molecular flexibility index (Phi) is 4.90. The molecule has 5 heteroatoms. The minimum atomic E-state index is -0.363. The first-order valence-electron chi connectivity index (χ1n) is 5.29. The second kappa shape index (κ2) is 6.20. The maximum Gasteiger partial charge on any atom is 0.308 e. The van der Waals surface area contributed by atoms with E-state index in [0.717, 1.165) is 0 Å². The highest BCUT2D eigenvalue weighted by Gasteiger charge is 2.10. The first-order valence-corrected chi connectivity index (χ1v) is 5.29. The summed E-state index contributed by atoms with van der Waals surface area (Å²) in [6.45, 7) is 1.92. The highest BCUT2D eigenvalue weighted by Crippen LogP contribution is 2.24. The summed E-state index contributed by atoms with van der Waals surface area (Å²) < 4.78 is 22.9. The monoisotopic (exact) mass is 241 g/mol. The Hall–Kier alpha value is -1.62. The first-order chi connectivity index (χ1) is 8.04. The van der Waals surface area contributed by atoms with Crippen molar-refractivity contribution in [2.75, 3.05) is 13.7 Å². The van der Waals surface area contributed by atoms with Crippen LogP contribution in [0.2, 0.25) is 0 Å². The topological polar surface area (TPSA) is 61.5 Å². The van der Waals surface area contributed by atoms with E-state index in [2.05, 4.69) is 4.74 Å². The lowest BCUT2D eigenvalue weighted by molar-refractivity contribution is -0.141. The van der Waals surface area contributed by atoms with Crippen LogP contribution in [0.4, 0.5) is 4.39 Å². The maximum atomic E-state index is 13.0. The summed E-state index contributed by atoms with van der Waals surface area (Å²) in [6.07, 6.45) is 0.145. The van der Waals surface area contributed by atoms with E-state index in [9.17, 15) is 9.18 Å². The molecule has 1 rings (SSSR count). The third-order valence-electron chi connectivity index (χ3n) is 2.25. The summed E-state index contributed by atoms with van der Waals surface area (Å²) in [4.78, 5) is 10.9. The number of nitrogens with two attached hydrogens (primary N) is 1. The van der Waals surface area contributed by atoms with Gasteiger partial charge in [0.05, 0.1) is 20.1 Å². The number of hydrogen-bond acceptors (Lipinski definition) is 4. The molecule has 1 atom stereocenters. The Morgan fingerprint density at radius 1 is 1.53 bits per heavy atom. The molecule has 0 aliphatic heterocycles. The molecule has 0 aliphatic rings. The Bertz CT molecular complexity index is 393. The predicted octanol–water partition coefficient (Wildman–Crippen LogP) is 1.79. The largest absolute Gasteiger partial charge is 0.493 e. The number of carbonyl (C=O) groups excluding carboxylic acids is 1. The van der Waals surface area contributed by atoms with Crippen molar-refractivity contribution in [1.29, 1.82) is 0 Å². The second-order valence-electron chi connectivity index (χ2n) is 3.65. The van der Waals surface area contributed by atoms with Gasteiger partial charge in [-0.3, -0.25) is 4.79 Å². The van der Waals surface area contributed by atoms with E-state index in [1.165, 1.54) is 25.3 Å². The second-order valence-corrected chi connectivity index (χ2v) is 3.65. The van der Waals surface area contributed by atoms with E-state index in [-0.39, 0.29) is 30.9 Å². The molecule has 0 unspecified atom stereocenters. The van der Waals surface area contributed by atoms with E-state index in [0.29, 0.717) is 11.3 Å². The highest BCUT2D eigenvalue weighted by atomic mass is 19.1. The number of halogens is 1. The van der Waals surface area contributed by atoms with Gasteiger partial charge in [0.15, 0.2) is 0 Å². The van der Waals surface area contributed by atoms with Crippen molar-refractivity contribution in [2.24, 2.45) is 5.73 Å². The lowest BCUT2D eigenvalue weighted by Crippen LogP contribution is -2.11. The highest BCUT2D eigenvalue weighted by molar-refractivity contribution is 5.69. The first kappa shape index (κ1) is 13.4. The molecule has 2 N–H and O–H groups in total. The molecule has 0 aliphatic carbocycles. The summed E-state index contributed by atoms with van der Waals surface area (Å²) in [5.41, 5.74) is 6.28. The number of rotatable bonds is 5. The summed E-state index contributed by atoms with van der Waals surface area (Å²) in [7, 11) is 1.31. The van der Waals surface area contributed by atoms with Crippen LogP contribution in [0.3, 0.4) is 0 Å². The molecule has 17 heavy (non-hydrogen) atoms. The van der Waals surface area contributed by atoms with Crippen LogP contribution >= 0.6 is 0 Å². The van der Waals surface area contributed by atoms with Crippen molar-refractivity contribution in [2.45, 2.75) is 19.4 Å². The molecule has 4 nitrogen and oxygen atoms in total. The van der Waals surface area contributed by atoms with Gasteiger partial charge in [-0.05, 0) is 25.1 Å². The smallest absolute Gasteiger partial charge is 0.308 e. The number of methoxy groups -OCH3 is 1. The standard InChI is InChI=1S/C12H16FNO3/c1-8(14)10-7-9(13)3-4-11(10)17-6-5-12(15)16-2/h3-4,7-8H,5-6,14H2,1-2H3/t8-/m0/s1. The van der Waals surface area contributed by atoms with E-state index in [1.54, 1.807) is 6.92 Å². The summed E-state index contributed by atoms with van der Waals surface area (Å²) in [6, 6.07) is 3.79. The molecule has 0 amide bonds. The van der Waals surface area contributed by atoms with E-state index in [1.807, 2.05) is 0 Å². The zero-order valence-corrected chi connectivity index (χ0v) is 9.90. The lowest BCUT2D eigenvalue weighted by atomic mass is 10.1. The number of benzene rings is 1. The molecule has 1 aromatic carbocycles. The van der Waals surface area contributed by atoms with Gasteiger partial charge >= 0.3 is 5.97 Å². The molecule has 1 aromatic rings. The van der Waals surface area contributed by atoms with Crippen LogP contribution in [0.15, 0.2) is 18.2 Å². The molecule has 94 valence electrons. The van der Waals surface area contributed by atoms with Gasteiger partial charge in [-0.25, -0.2) is 4.39 Å². The average molecular weight is 241 g/mol. The summed E-state index contributed by atoms with van der Waals surface area (Å²) >= 11 is 0. The minimum Gasteiger partial charge on any atom is -0.493 e. The van der Waals surface area contributed by atoms with Crippen molar-refractivity contribution in [3.05, 3.63) is 29.6 Å². The molecule has 0 spiro atoms. The average Bonchev–Trinajstić information content (AvgIpc) is 2.30. The van der Waals surface area contributed by atoms with Gasteiger partial charge < -0.3 is 15.2 Å². The quantitative estimate of drug-likeness (QED) is 0.798. The van der Waals surface area contributed by atoms with Crippen LogP contribution in [0.25, 0.3) is 0 Å². The molecule has 0 bridgehead atoms. The SMILES string of the molecule is COC(=O)CCOc1ccc(F)cc1[C@H](C)N. The van der Waals surface area contributed by atoms with Crippen molar-refractivity contribution in [3.8, 4) is 5.75 Å². The molecule has 0 saturated carbocycles. The summed E-state index contributed by atoms with van der Waals surface area (Å²) in [5.74, 6) is -0.225. The van der Waals surface area contributed by atoms with Crippen LogP contribution in [0, 0.1) is 5.82 Å². The molecule has 0 fully saturated rings. The van der Waals surface area contributed by atoms with Gasteiger partial charge in [-0.2, -0.15) is 0 Å². The number of carbonyl (C=O) groups is 1. The summed E-state index contributed by atoms with van der Waals surface area (Å²) in [5, 5.41) is 0. The van der Waals surface area contributed by atoms with E-state index >= 15 is 0 Å². The van der Waals surface area contributed by atoms with Gasteiger partial charge in [0.1, 0.15) is 11.6 Å². The molecular weight excluding hydrogens is 225 g/mol. The Morgan fingerprint density at radius 2 is 2.24 bits per heavy atom. The van der Waals surface area contributed by atoms with E-state index in [4.69, 9.17) is 10.5 Å². The van der Waals surface area contributed by atoms with Gasteiger partial charge in [0.25, 0.3) is 0 Å². The van der Waals surface area contributed by atoms with Gasteiger partial charge in [0.2, 0.25) is 0 Å². The Morgan fingerprint density at radius 3 is 2.82 bits per heavy atom. The number of ether oxygens (including phenoxy) is 2. The minimum absolute atomic E-state index is 0.145. The lowest BCUT2D eigenvalue weighted by Gasteiger charge is -2.13. The molecule has 0 aromatic heterocycles. The third kappa shape index (κ3) is 4.03. The number of hydrogen-bond donors (Lipinski definition) is 1.